The Balaban J connectivity index is 1.65. The van der Waals surface area contributed by atoms with Crippen LogP contribution in [0.25, 0.3) is 0 Å². The minimum absolute atomic E-state index is 0.0534. The molecule has 4 nitrogen and oxygen atoms in total. The number of morpholine rings is 1. The lowest BCUT2D eigenvalue weighted by molar-refractivity contribution is -0.151. The summed E-state index contributed by atoms with van der Waals surface area (Å²) in [5.41, 5.74) is 0.0534. The number of carbonyl (C=O) groups excluding carboxylic acids is 1. The van der Waals surface area contributed by atoms with Crippen LogP contribution in [-0.2, 0) is 9.53 Å². The highest BCUT2D eigenvalue weighted by Crippen LogP contribution is 2.34. The van der Waals surface area contributed by atoms with Crippen LogP contribution >= 0.6 is 0 Å². The van der Waals surface area contributed by atoms with E-state index in [1.165, 1.54) is 32.1 Å². The summed E-state index contributed by atoms with van der Waals surface area (Å²) in [4.78, 5) is 15.1. The fraction of sp³-hybridized carbons (Fsp3) is 0.941. The molecule has 1 heterocycles. The molecule has 120 valence electrons. The summed E-state index contributed by atoms with van der Waals surface area (Å²) in [6, 6.07) is 0.345. The van der Waals surface area contributed by atoms with E-state index in [0.29, 0.717) is 24.5 Å². The Morgan fingerprint density at radius 2 is 1.95 bits per heavy atom. The zero-order valence-electron chi connectivity index (χ0n) is 13.4. The second-order valence-electron chi connectivity index (χ2n) is 7.12. The number of carbonyl (C=O) groups is 1. The molecular formula is C17H30N2O2. The Labute approximate surface area is 128 Å². The van der Waals surface area contributed by atoms with Crippen molar-refractivity contribution in [3.63, 3.8) is 0 Å². The molecule has 0 aromatic rings. The van der Waals surface area contributed by atoms with E-state index >= 15 is 0 Å². The quantitative estimate of drug-likeness (QED) is 0.869. The number of fused-ring (bicyclic) bond motifs is 1. The molecule has 0 radical (unpaired) electrons. The van der Waals surface area contributed by atoms with Gasteiger partial charge in [0.2, 0.25) is 5.91 Å². The van der Waals surface area contributed by atoms with Crippen LogP contribution in [0, 0.1) is 0 Å². The van der Waals surface area contributed by atoms with Gasteiger partial charge in [-0.2, -0.15) is 0 Å². The molecule has 0 aromatic carbocycles. The Hall–Kier alpha value is -0.610. The Morgan fingerprint density at radius 3 is 2.71 bits per heavy atom. The number of rotatable bonds is 3. The summed E-state index contributed by atoms with van der Waals surface area (Å²) in [5, 5.41) is 3.48. The molecule has 1 amide bonds. The van der Waals surface area contributed by atoms with Gasteiger partial charge in [-0.15, -0.1) is 0 Å². The van der Waals surface area contributed by atoms with E-state index in [9.17, 15) is 4.79 Å². The molecule has 1 aliphatic heterocycles. The molecule has 1 N–H and O–H groups in total. The third-order valence-corrected chi connectivity index (χ3v) is 5.88. The van der Waals surface area contributed by atoms with E-state index in [2.05, 4.69) is 10.2 Å². The molecular weight excluding hydrogens is 264 g/mol. The highest BCUT2D eigenvalue weighted by molar-refractivity contribution is 5.78. The molecule has 21 heavy (non-hydrogen) atoms. The summed E-state index contributed by atoms with van der Waals surface area (Å²) >= 11 is 0. The van der Waals surface area contributed by atoms with Gasteiger partial charge in [-0.1, -0.05) is 32.1 Å². The van der Waals surface area contributed by atoms with E-state index in [-0.39, 0.29) is 5.54 Å². The Morgan fingerprint density at radius 1 is 1.19 bits per heavy atom. The van der Waals surface area contributed by atoms with Crippen molar-refractivity contribution in [1.29, 1.82) is 0 Å². The normalized spacial score (nSPS) is 32.5. The molecule has 0 aromatic heterocycles. The molecule has 1 saturated heterocycles. The summed E-state index contributed by atoms with van der Waals surface area (Å²) in [7, 11) is 2.03. The number of hydrogen-bond acceptors (Lipinski definition) is 3. The highest BCUT2D eigenvalue weighted by Gasteiger charge is 2.40. The maximum Gasteiger partial charge on any atom is 0.224 e. The monoisotopic (exact) mass is 294 g/mol. The van der Waals surface area contributed by atoms with Crippen LogP contribution in [0.15, 0.2) is 0 Å². The number of hydrogen-bond donors (Lipinski definition) is 1. The minimum Gasteiger partial charge on any atom is -0.374 e. The topological polar surface area (TPSA) is 41.6 Å². The third kappa shape index (κ3) is 3.26. The van der Waals surface area contributed by atoms with Gasteiger partial charge in [-0.05, 0) is 32.7 Å². The number of amides is 1. The van der Waals surface area contributed by atoms with Crippen molar-refractivity contribution < 1.29 is 9.53 Å². The van der Waals surface area contributed by atoms with Crippen LogP contribution in [0.4, 0.5) is 0 Å². The van der Waals surface area contributed by atoms with Crippen molar-refractivity contribution in [2.45, 2.75) is 81.9 Å². The van der Waals surface area contributed by atoms with Crippen LogP contribution < -0.4 is 5.32 Å². The predicted molar refractivity (Wildman–Crippen MR) is 83.2 cm³/mol. The number of nitrogens with one attached hydrogen (secondary N) is 1. The predicted octanol–water partition coefficient (Wildman–Crippen LogP) is 2.47. The van der Waals surface area contributed by atoms with Crippen molar-refractivity contribution in [2.75, 3.05) is 20.2 Å². The van der Waals surface area contributed by atoms with E-state index in [4.69, 9.17) is 4.74 Å². The van der Waals surface area contributed by atoms with Gasteiger partial charge in [-0.25, -0.2) is 0 Å². The molecule has 3 fully saturated rings. The average molecular weight is 294 g/mol. The lowest BCUT2D eigenvalue weighted by atomic mass is 9.78. The molecule has 3 aliphatic rings. The lowest BCUT2D eigenvalue weighted by Gasteiger charge is -2.45. The summed E-state index contributed by atoms with van der Waals surface area (Å²) in [6.45, 7) is 1.51. The maximum atomic E-state index is 12.9. The first-order chi connectivity index (χ1) is 10.2. The lowest BCUT2D eigenvalue weighted by Crippen LogP contribution is -2.57. The van der Waals surface area contributed by atoms with Gasteiger partial charge >= 0.3 is 0 Å². The molecule has 4 heteroatoms. The van der Waals surface area contributed by atoms with Crippen LogP contribution in [0.2, 0.25) is 0 Å². The summed E-state index contributed by atoms with van der Waals surface area (Å²) in [5.74, 6) is 0.353. The molecule has 2 atom stereocenters. The van der Waals surface area contributed by atoms with Gasteiger partial charge in [0.15, 0.2) is 0 Å². The van der Waals surface area contributed by atoms with E-state index in [0.717, 1.165) is 38.8 Å². The SMILES string of the molecule is CNC1(CC(=O)N2CCOC3CCCCC32)CCCCC1. The first kappa shape index (κ1) is 15.3. The van der Waals surface area contributed by atoms with Crippen molar-refractivity contribution in [3.8, 4) is 0 Å². The first-order valence-corrected chi connectivity index (χ1v) is 8.84. The van der Waals surface area contributed by atoms with Crippen LogP contribution in [0.3, 0.4) is 0 Å². The standard InChI is InChI=1S/C17H30N2O2/c1-18-17(9-5-2-6-10-17)13-16(20)19-11-12-21-15-8-4-3-7-14(15)19/h14-15,18H,2-13H2,1H3. The van der Waals surface area contributed by atoms with Gasteiger partial charge in [0.1, 0.15) is 0 Å². The fourth-order valence-electron chi connectivity index (χ4n) is 4.54. The van der Waals surface area contributed by atoms with Gasteiger partial charge in [0, 0.05) is 18.5 Å². The zero-order chi connectivity index (χ0) is 14.7. The van der Waals surface area contributed by atoms with Gasteiger partial charge in [0.05, 0.1) is 18.8 Å². The molecule has 0 bridgehead atoms. The highest BCUT2D eigenvalue weighted by atomic mass is 16.5. The third-order valence-electron chi connectivity index (χ3n) is 5.88. The van der Waals surface area contributed by atoms with E-state index < -0.39 is 0 Å². The molecule has 2 aliphatic carbocycles. The van der Waals surface area contributed by atoms with Crippen molar-refractivity contribution in [3.05, 3.63) is 0 Å². The van der Waals surface area contributed by atoms with Crippen LogP contribution in [-0.4, -0.2) is 48.7 Å². The average Bonchev–Trinajstić information content (AvgIpc) is 2.55. The zero-order valence-corrected chi connectivity index (χ0v) is 13.4. The van der Waals surface area contributed by atoms with Crippen molar-refractivity contribution in [1.82, 2.24) is 10.2 Å². The molecule has 2 unspecified atom stereocenters. The number of nitrogens with zero attached hydrogens (tertiary/aromatic N) is 1. The Bertz CT molecular complexity index is 364. The van der Waals surface area contributed by atoms with Gasteiger partial charge < -0.3 is 15.0 Å². The second kappa shape index (κ2) is 6.66. The van der Waals surface area contributed by atoms with Crippen LogP contribution in [0.5, 0.6) is 0 Å². The smallest absolute Gasteiger partial charge is 0.224 e. The molecule has 2 saturated carbocycles. The van der Waals surface area contributed by atoms with Crippen molar-refractivity contribution in [2.24, 2.45) is 0 Å². The summed E-state index contributed by atoms with van der Waals surface area (Å²) < 4.78 is 5.89. The van der Waals surface area contributed by atoms with E-state index in [1.54, 1.807) is 0 Å². The number of ether oxygens (including phenoxy) is 1. The molecule has 0 spiro atoms. The Kier molecular flexibility index (Phi) is 4.85. The summed E-state index contributed by atoms with van der Waals surface area (Å²) in [6.07, 6.45) is 11.8. The van der Waals surface area contributed by atoms with E-state index in [1.807, 2.05) is 7.05 Å². The second-order valence-corrected chi connectivity index (χ2v) is 7.12. The van der Waals surface area contributed by atoms with Gasteiger partial charge in [-0.3, -0.25) is 4.79 Å². The first-order valence-electron chi connectivity index (χ1n) is 8.84. The van der Waals surface area contributed by atoms with Crippen LogP contribution in [0.1, 0.15) is 64.2 Å². The van der Waals surface area contributed by atoms with Crippen molar-refractivity contribution >= 4 is 5.91 Å². The van der Waals surface area contributed by atoms with Gasteiger partial charge in [0.25, 0.3) is 0 Å². The fourth-order valence-corrected chi connectivity index (χ4v) is 4.54. The largest absolute Gasteiger partial charge is 0.374 e. The molecule has 3 rings (SSSR count). The minimum atomic E-state index is 0.0534. The maximum absolute atomic E-state index is 12.9.